The molecule has 5 rings (SSSR count). The van der Waals surface area contributed by atoms with Gasteiger partial charge < -0.3 is 9.45 Å². The van der Waals surface area contributed by atoms with Crippen LogP contribution in [0.4, 0.5) is 13.2 Å². The Balaban J connectivity index is 1.38. The van der Waals surface area contributed by atoms with Gasteiger partial charge in [0.25, 0.3) is 11.5 Å². The number of likely N-dealkylation sites (tertiary alicyclic amines) is 1. The Labute approximate surface area is 255 Å². The summed E-state index contributed by atoms with van der Waals surface area (Å²) in [6.07, 6.45) is 1.65. The van der Waals surface area contributed by atoms with Gasteiger partial charge in [0.2, 0.25) is 0 Å². The number of nitrogens with zero attached hydrogens (tertiary/aromatic N) is 4. The number of hydrogen-bond donors (Lipinski definition) is 1. The summed E-state index contributed by atoms with van der Waals surface area (Å²) >= 11 is -2.08. The minimum atomic E-state index is -2.08. The predicted molar refractivity (Wildman–Crippen MR) is 161 cm³/mol. The minimum absolute atomic E-state index is 0.0352. The van der Waals surface area contributed by atoms with Gasteiger partial charge in [0.1, 0.15) is 23.0 Å². The van der Waals surface area contributed by atoms with Gasteiger partial charge in [0.15, 0.2) is 11.1 Å². The molecule has 0 radical (unpaired) electrons. The van der Waals surface area contributed by atoms with E-state index in [-0.39, 0.29) is 11.6 Å². The summed E-state index contributed by atoms with van der Waals surface area (Å²) in [5.74, 6) is -2.88. The summed E-state index contributed by atoms with van der Waals surface area (Å²) < 4.78 is 66.2. The van der Waals surface area contributed by atoms with Crippen molar-refractivity contribution in [3.63, 3.8) is 0 Å². The Morgan fingerprint density at radius 3 is 2.18 bits per heavy atom. The molecule has 0 bridgehead atoms. The van der Waals surface area contributed by atoms with E-state index in [1.54, 1.807) is 48.1 Å². The fourth-order valence-corrected chi connectivity index (χ4v) is 6.12. The molecule has 0 saturated carbocycles. The number of aromatic nitrogens is 2. The lowest BCUT2D eigenvalue weighted by Gasteiger charge is -2.38. The van der Waals surface area contributed by atoms with Gasteiger partial charge in [-0.1, -0.05) is 18.2 Å². The van der Waals surface area contributed by atoms with E-state index in [9.17, 15) is 31.5 Å². The van der Waals surface area contributed by atoms with Crippen LogP contribution in [0.3, 0.4) is 0 Å². The van der Waals surface area contributed by atoms with Crippen molar-refractivity contribution in [1.82, 2.24) is 19.2 Å². The van der Waals surface area contributed by atoms with Crippen molar-refractivity contribution < 1.29 is 26.7 Å². The van der Waals surface area contributed by atoms with Crippen LogP contribution in [-0.4, -0.2) is 59.5 Å². The molecule has 1 aromatic heterocycles. The first kappa shape index (κ1) is 31.4. The zero-order valence-electron chi connectivity index (χ0n) is 24.4. The summed E-state index contributed by atoms with van der Waals surface area (Å²) in [5.41, 5.74) is 2.03. The van der Waals surface area contributed by atoms with Crippen molar-refractivity contribution in [2.45, 2.75) is 43.7 Å². The maximum atomic E-state index is 14.3. The summed E-state index contributed by atoms with van der Waals surface area (Å²) in [4.78, 5) is 30.6. The molecule has 1 amide bonds. The third-order valence-electron chi connectivity index (χ3n) is 8.36. The highest BCUT2D eigenvalue weighted by Crippen LogP contribution is 2.24. The lowest BCUT2D eigenvalue weighted by atomic mass is 10.00. The molecule has 232 valence electrons. The molecule has 1 N–H and O–H groups in total. The van der Waals surface area contributed by atoms with Gasteiger partial charge in [-0.15, -0.1) is 0 Å². The van der Waals surface area contributed by atoms with Crippen LogP contribution < -0.4 is 5.56 Å². The van der Waals surface area contributed by atoms with Crippen LogP contribution in [0.1, 0.15) is 40.0 Å². The Hall–Kier alpha value is -4.00. The number of carbonyl (C=O) groups excluding carboxylic acids is 1. The summed E-state index contributed by atoms with van der Waals surface area (Å²) in [5, 5.41) is 0. The van der Waals surface area contributed by atoms with E-state index in [0.717, 1.165) is 23.4 Å². The Morgan fingerprint density at radius 2 is 1.59 bits per heavy atom. The van der Waals surface area contributed by atoms with E-state index in [1.165, 1.54) is 27.8 Å². The Morgan fingerprint density at radius 1 is 0.977 bits per heavy atom. The van der Waals surface area contributed by atoms with Crippen molar-refractivity contribution in [3.05, 3.63) is 117 Å². The van der Waals surface area contributed by atoms with Crippen LogP contribution in [0.15, 0.2) is 76.4 Å². The van der Waals surface area contributed by atoms with Gasteiger partial charge in [-0.25, -0.2) is 22.1 Å². The number of amides is 1. The van der Waals surface area contributed by atoms with E-state index in [2.05, 4.69) is 4.90 Å². The molecule has 1 unspecified atom stereocenters. The zero-order chi connectivity index (χ0) is 31.5. The van der Waals surface area contributed by atoms with E-state index < -0.39 is 40.0 Å². The van der Waals surface area contributed by atoms with E-state index in [4.69, 9.17) is 0 Å². The number of rotatable bonds is 9. The lowest BCUT2D eigenvalue weighted by Crippen LogP contribution is -2.47. The van der Waals surface area contributed by atoms with E-state index >= 15 is 0 Å². The lowest BCUT2D eigenvalue weighted by molar-refractivity contribution is 0.0599. The van der Waals surface area contributed by atoms with Crippen molar-refractivity contribution in [2.24, 2.45) is 7.05 Å². The molecule has 2 heterocycles. The number of piperidine rings is 1. The van der Waals surface area contributed by atoms with Gasteiger partial charge in [-0.2, -0.15) is 0 Å². The first-order valence-corrected chi connectivity index (χ1v) is 15.4. The van der Waals surface area contributed by atoms with Gasteiger partial charge in [-0.3, -0.25) is 19.2 Å². The molecule has 1 aliphatic heterocycles. The average molecular weight is 627 g/mol. The highest BCUT2D eigenvalue weighted by Gasteiger charge is 2.31. The molecular formula is C32H33F3N4O4S. The Kier molecular flexibility index (Phi) is 9.52. The SMILES string of the molecule is Cc1c(CN(CCc2ccc(S(=O)O)cc2)C2CCN(C(=O)c3c(F)cccc3F)CC2)c(=O)n(-c2ccc(F)cc2)n1C. The van der Waals surface area contributed by atoms with Crippen molar-refractivity contribution in [1.29, 1.82) is 0 Å². The van der Waals surface area contributed by atoms with Crippen LogP contribution in [0, 0.1) is 24.4 Å². The normalized spacial score (nSPS) is 14.8. The second-order valence-corrected chi connectivity index (χ2v) is 11.9. The number of halogens is 3. The van der Waals surface area contributed by atoms with Crippen molar-refractivity contribution >= 4 is 17.0 Å². The third-order valence-corrected chi connectivity index (χ3v) is 9.04. The monoisotopic (exact) mass is 626 g/mol. The highest BCUT2D eigenvalue weighted by atomic mass is 32.2. The number of benzene rings is 3. The van der Waals surface area contributed by atoms with Gasteiger partial charge in [-0.05, 0) is 80.3 Å². The molecule has 1 aliphatic rings. The van der Waals surface area contributed by atoms with Gasteiger partial charge in [0.05, 0.1) is 16.1 Å². The van der Waals surface area contributed by atoms with Crippen molar-refractivity contribution in [3.8, 4) is 5.69 Å². The van der Waals surface area contributed by atoms with Gasteiger partial charge in [0, 0.05) is 45.0 Å². The molecule has 1 atom stereocenters. The number of carbonyl (C=O) groups is 1. The van der Waals surface area contributed by atoms with Crippen LogP contribution in [-0.2, 0) is 31.1 Å². The van der Waals surface area contributed by atoms with Crippen molar-refractivity contribution in [2.75, 3.05) is 19.6 Å². The molecule has 8 nitrogen and oxygen atoms in total. The average Bonchev–Trinajstić information content (AvgIpc) is 3.22. The fourth-order valence-electron chi connectivity index (χ4n) is 5.75. The first-order valence-electron chi connectivity index (χ1n) is 14.3. The maximum absolute atomic E-state index is 14.3. The summed E-state index contributed by atoms with van der Waals surface area (Å²) in [6.45, 7) is 3.29. The van der Waals surface area contributed by atoms with Crippen LogP contribution >= 0.6 is 0 Å². The molecule has 3 aromatic carbocycles. The Bertz CT molecular complexity index is 1710. The molecule has 0 aliphatic carbocycles. The standard InChI is InChI=1S/C32H33F3N4O4S/c1-21-27(31(40)39(36(21)2)25-10-8-23(33)9-11-25)20-38(17-14-22-6-12-26(13-7-22)44(42)43)24-15-18-37(19-16-24)32(41)30-28(34)4-3-5-29(30)35/h3-13,24H,14-20H2,1-2H3,(H,42,43). The predicted octanol–water partition coefficient (Wildman–Crippen LogP) is 4.83. The largest absolute Gasteiger partial charge is 0.338 e. The smallest absolute Gasteiger partial charge is 0.276 e. The third kappa shape index (κ3) is 6.57. The molecular weight excluding hydrogens is 593 g/mol. The maximum Gasteiger partial charge on any atom is 0.276 e. The van der Waals surface area contributed by atoms with Crippen LogP contribution in [0.25, 0.3) is 5.69 Å². The quantitative estimate of drug-likeness (QED) is 0.269. The molecule has 0 spiro atoms. The molecule has 44 heavy (non-hydrogen) atoms. The first-order chi connectivity index (χ1) is 21.0. The number of hydrogen-bond acceptors (Lipinski definition) is 4. The zero-order valence-corrected chi connectivity index (χ0v) is 25.2. The molecule has 1 saturated heterocycles. The van der Waals surface area contributed by atoms with E-state index in [0.29, 0.717) is 61.6 Å². The summed E-state index contributed by atoms with van der Waals surface area (Å²) in [6, 6.07) is 15.8. The second-order valence-electron chi connectivity index (χ2n) is 10.9. The molecule has 1 fully saturated rings. The van der Waals surface area contributed by atoms with E-state index in [1.807, 2.05) is 6.92 Å². The minimum Gasteiger partial charge on any atom is -0.338 e. The molecule has 4 aromatic rings. The topological polar surface area (TPSA) is 87.8 Å². The molecule has 12 heteroatoms. The highest BCUT2D eigenvalue weighted by molar-refractivity contribution is 7.79. The van der Waals surface area contributed by atoms with Crippen LogP contribution in [0.5, 0.6) is 0 Å². The summed E-state index contributed by atoms with van der Waals surface area (Å²) in [7, 11) is 1.77. The second kappa shape index (κ2) is 13.3. The fraction of sp³-hybridized carbons (Fsp3) is 0.312. The van der Waals surface area contributed by atoms with Gasteiger partial charge >= 0.3 is 0 Å². The van der Waals surface area contributed by atoms with Crippen LogP contribution in [0.2, 0.25) is 0 Å².